The first-order valence-corrected chi connectivity index (χ1v) is 15.0. The minimum atomic E-state index is -3.85. The van der Waals surface area contributed by atoms with Gasteiger partial charge in [-0.1, -0.05) is 12.1 Å². The number of ether oxygens (including phenoxy) is 2. The van der Waals surface area contributed by atoms with Gasteiger partial charge in [0.1, 0.15) is 29.1 Å². The Morgan fingerprint density at radius 3 is 2.59 bits per heavy atom. The normalized spacial score (nSPS) is 25.9. The summed E-state index contributed by atoms with van der Waals surface area (Å²) in [5.74, 6) is -2.31. The molecule has 41 heavy (non-hydrogen) atoms. The van der Waals surface area contributed by atoms with E-state index >= 15 is 0 Å². The van der Waals surface area contributed by atoms with Gasteiger partial charge in [0.15, 0.2) is 0 Å². The molecule has 2 aromatic rings. The number of pyridine rings is 1. The van der Waals surface area contributed by atoms with Gasteiger partial charge >= 0.3 is 6.09 Å². The number of hydrogen-bond donors (Lipinski definition) is 2. The third-order valence-corrected chi connectivity index (χ3v) is 9.23. The molecule has 3 amide bonds. The van der Waals surface area contributed by atoms with Crippen LogP contribution >= 0.6 is 0 Å². The molecule has 0 bridgehead atoms. The van der Waals surface area contributed by atoms with Crippen molar-refractivity contribution in [3.05, 3.63) is 48.9 Å². The molecule has 2 unspecified atom stereocenters. The number of carbonyl (C=O) groups is 3. The van der Waals surface area contributed by atoms with Gasteiger partial charge < -0.3 is 14.8 Å². The van der Waals surface area contributed by atoms with Crippen LogP contribution in [0.5, 0.6) is 5.88 Å². The van der Waals surface area contributed by atoms with Crippen molar-refractivity contribution >= 4 is 38.7 Å². The summed E-state index contributed by atoms with van der Waals surface area (Å²) in [6, 6.07) is 4.82. The number of nitrogens with zero attached hydrogens (tertiary/aromatic N) is 2. The van der Waals surface area contributed by atoms with Gasteiger partial charge in [0, 0.05) is 23.9 Å². The van der Waals surface area contributed by atoms with Crippen molar-refractivity contribution in [1.29, 1.82) is 0 Å². The average Bonchev–Trinajstić information content (AvgIpc) is 3.80. The fraction of sp³-hybridized carbons (Fsp3) is 0.500. The molecule has 1 saturated heterocycles. The molecule has 5 rings (SSSR count). The maximum Gasteiger partial charge on any atom is 0.411 e. The molecule has 3 fully saturated rings. The van der Waals surface area contributed by atoms with Crippen molar-refractivity contribution in [2.45, 2.75) is 75.0 Å². The zero-order chi connectivity index (χ0) is 29.7. The summed E-state index contributed by atoms with van der Waals surface area (Å²) in [5, 5.41) is 3.22. The summed E-state index contributed by atoms with van der Waals surface area (Å²) in [7, 11) is -3.85. The van der Waals surface area contributed by atoms with Gasteiger partial charge in [-0.15, -0.1) is 6.58 Å². The Morgan fingerprint density at radius 2 is 1.95 bits per heavy atom. The second kappa shape index (κ2) is 10.3. The molecule has 0 spiro atoms. The number of rotatable bonds is 8. The van der Waals surface area contributed by atoms with Crippen LogP contribution in [0, 0.1) is 11.7 Å². The Kier molecular flexibility index (Phi) is 7.21. The third-order valence-electron chi connectivity index (χ3n) is 7.41. The average molecular weight is 589 g/mol. The fourth-order valence-corrected chi connectivity index (χ4v) is 6.40. The predicted octanol–water partition coefficient (Wildman–Crippen LogP) is 2.80. The van der Waals surface area contributed by atoms with Crippen molar-refractivity contribution in [2.75, 3.05) is 6.54 Å². The number of amides is 3. The highest BCUT2D eigenvalue weighted by molar-refractivity contribution is 7.91. The molecule has 2 aliphatic carbocycles. The molecule has 220 valence electrons. The largest absolute Gasteiger partial charge is 0.472 e. The summed E-state index contributed by atoms with van der Waals surface area (Å²) in [6.45, 7) is 8.74. The van der Waals surface area contributed by atoms with E-state index in [1.165, 1.54) is 29.3 Å². The van der Waals surface area contributed by atoms with Gasteiger partial charge in [0.25, 0.3) is 5.91 Å². The van der Waals surface area contributed by atoms with Gasteiger partial charge in [0.05, 0.1) is 11.8 Å². The lowest BCUT2D eigenvalue weighted by Gasteiger charge is -2.29. The van der Waals surface area contributed by atoms with Crippen LogP contribution in [0.25, 0.3) is 10.8 Å². The van der Waals surface area contributed by atoms with Crippen molar-refractivity contribution in [1.82, 2.24) is 19.9 Å². The highest BCUT2D eigenvalue weighted by Crippen LogP contribution is 2.45. The van der Waals surface area contributed by atoms with Gasteiger partial charge in [-0.2, -0.15) is 0 Å². The molecule has 13 heteroatoms. The van der Waals surface area contributed by atoms with Crippen molar-refractivity contribution < 1.29 is 36.7 Å². The lowest BCUT2D eigenvalue weighted by molar-refractivity contribution is -0.131. The van der Waals surface area contributed by atoms with Gasteiger partial charge in [-0.3, -0.25) is 19.2 Å². The van der Waals surface area contributed by atoms with E-state index in [4.69, 9.17) is 9.47 Å². The zero-order valence-electron chi connectivity index (χ0n) is 23.1. The molecular formula is C28H33FN4O7S. The first-order chi connectivity index (χ1) is 19.2. The molecular weight excluding hydrogens is 555 g/mol. The topological polar surface area (TPSA) is 144 Å². The summed E-state index contributed by atoms with van der Waals surface area (Å²) >= 11 is 0. The number of halogens is 1. The van der Waals surface area contributed by atoms with Crippen molar-refractivity contribution in [3.8, 4) is 5.88 Å². The summed E-state index contributed by atoms with van der Waals surface area (Å²) < 4.78 is 52.6. The van der Waals surface area contributed by atoms with E-state index in [2.05, 4.69) is 21.6 Å². The molecule has 2 heterocycles. The molecule has 11 nitrogen and oxygen atoms in total. The maximum atomic E-state index is 14.0. The Morgan fingerprint density at radius 1 is 1.22 bits per heavy atom. The Labute approximate surface area is 237 Å². The van der Waals surface area contributed by atoms with E-state index in [9.17, 15) is 27.2 Å². The van der Waals surface area contributed by atoms with Crippen LogP contribution in [0.2, 0.25) is 0 Å². The Hall–Kier alpha value is -3.74. The van der Waals surface area contributed by atoms with Gasteiger partial charge in [-0.25, -0.2) is 22.6 Å². The molecule has 3 aliphatic rings. The first-order valence-electron chi connectivity index (χ1n) is 13.4. The number of carbonyl (C=O) groups excluding carboxylic acids is 3. The lowest BCUT2D eigenvalue weighted by Crippen LogP contribution is -2.56. The van der Waals surface area contributed by atoms with Crippen molar-refractivity contribution in [2.24, 2.45) is 5.92 Å². The van der Waals surface area contributed by atoms with Crippen LogP contribution in [0.1, 0.15) is 46.5 Å². The van der Waals surface area contributed by atoms with Gasteiger partial charge in [-0.05, 0) is 63.6 Å². The molecule has 2 N–H and O–H groups in total. The highest BCUT2D eigenvalue weighted by Gasteiger charge is 2.62. The predicted molar refractivity (Wildman–Crippen MR) is 147 cm³/mol. The fourth-order valence-electron chi connectivity index (χ4n) is 5.04. The second-order valence-electron chi connectivity index (χ2n) is 11.8. The molecule has 1 aromatic heterocycles. The number of fused-ring (bicyclic) bond motifs is 1. The first kappa shape index (κ1) is 28.8. The van der Waals surface area contributed by atoms with Crippen LogP contribution in [0.4, 0.5) is 9.18 Å². The lowest BCUT2D eigenvalue weighted by atomic mass is 10.1. The van der Waals surface area contributed by atoms with E-state index in [0.717, 1.165) is 0 Å². The van der Waals surface area contributed by atoms with Crippen LogP contribution in [-0.4, -0.2) is 71.3 Å². The maximum absolute atomic E-state index is 14.0. The minimum Gasteiger partial charge on any atom is -0.472 e. The highest BCUT2D eigenvalue weighted by atomic mass is 32.2. The smallest absolute Gasteiger partial charge is 0.411 e. The SMILES string of the molecule is C=CC1C[C@]1(NC(=O)C1C[C@@H](Oc2nccc3ccc(F)cc23)CN1C(=O)OC(C)(C)C)C(=O)NS(=O)(=O)C1CC1. The number of aromatic nitrogens is 1. The summed E-state index contributed by atoms with van der Waals surface area (Å²) in [6.07, 6.45) is 2.66. The number of likely N-dealkylation sites (tertiary alicyclic amines) is 1. The van der Waals surface area contributed by atoms with Crippen LogP contribution in [-0.2, 0) is 24.3 Å². The number of benzene rings is 1. The molecule has 1 aliphatic heterocycles. The molecule has 2 saturated carbocycles. The molecule has 4 atom stereocenters. The van der Waals surface area contributed by atoms with Gasteiger partial charge in [0.2, 0.25) is 21.8 Å². The number of sulfonamides is 1. The monoisotopic (exact) mass is 588 g/mol. The Bertz CT molecular complexity index is 1520. The summed E-state index contributed by atoms with van der Waals surface area (Å²) in [4.78, 5) is 45.4. The number of hydrogen-bond acceptors (Lipinski definition) is 8. The molecule has 1 aromatic carbocycles. The molecule has 0 radical (unpaired) electrons. The standard InChI is InChI=1S/C28H33FN4O7S/c1-5-17-14-28(17,25(35)32-41(37,38)20-8-9-20)31-23(34)22-13-19(15-33(22)26(36)40-27(2,3)4)39-24-21-12-18(29)7-6-16(21)10-11-30-24/h5-7,10-12,17,19-20,22H,1,8-9,13-15H2,2-4H3,(H,31,34)(H,32,35)/t17?,19-,22?,28-/m1/s1. The van der Waals surface area contributed by atoms with E-state index in [1.807, 2.05) is 0 Å². The van der Waals surface area contributed by atoms with E-state index < -0.39 is 68.2 Å². The third kappa shape index (κ3) is 5.99. The van der Waals surface area contributed by atoms with Crippen LogP contribution in [0.15, 0.2) is 43.1 Å². The van der Waals surface area contributed by atoms with Crippen LogP contribution < -0.4 is 14.8 Å². The van der Waals surface area contributed by atoms with Crippen molar-refractivity contribution in [3.63, 3.8) is 0 Å². The zero-order valence-corrected chi connectivity index (χ0v) is 23.9. The quantitative estimate of drug-likeness (QED) is 0.448. The second-order valence-corrected chi connectivity index (χ2v) is 13.7. The summed E-state index contributed by atoms with van der Waals surface area (Å²) in [5.41, 5.74) is -2.36. The van der Waals surface area contributed by atoms with E-state index in [-0.39, 0.29) is 25.3 Å². The number of nitrogens with one attached hydrogen (secondary N) is 2. The minimum absolute atomic E-state index is 0.0231. The van der Waals surface area contributed by atoms with Crippen LogP contribution in [0.3, 0.4) is 0 Å². The Balaban J connectivity index is 1.38. The van der Waals surface area contributed by atoms with E-state index in [1.54, 1.807) is 32.9 Å². The van der Waals surface area contributed by atoms with E-state index in [0.29, 0.717) is 23.6 Å².